The van der Waals surface area contributed by atoms with Crippen molar-refractivity contribution in [1.82, 2.24) is 14.7 Å². The molecule has 2 aromatic rings. The van der Waals surface area contributed by atoms with E-state index in [1.54, 1.807) is 16.7 Å². The fourth-order valence-electron chi connectivity index (χ4n) is 7.81. The Morgan fingerprint density at radius 2 is 1.58 bits per heavy atom. The van der Waals surface area contributed by atoms with Gasteiger partial charge in [0.25, 0.3) is 0 Å². The summed E-state index contributed by atoms with van der Waals surface area (Å²) >= 11 is 1.59. The van der Waals surface area contributed by atoms with Gasteiger partial charge in [-0.1, -0.05) is 98.3 Å². The summed E-state index contributed by atoms with van der Waals surface area (Å²) in [6.07, 6.45) is 10.0. The Morgan fingerprint density at radius 3 is 2.26 bits per heavy atom. The standard InChI is InChI=1S/C35H41N3O4S/c1-4-13-24(2)37-21-12-19-35-29(32(41)38(30(35)33(37)42)27(23-39)26-16-9-6-10-17-26)28-31(40)36(20-11-18-34(28,3)43-35)22-25-14-7-5-8-15-25/h5-12,14-19,24,27-30,39H,4,13,20-23H2,1-3H3/t24?,27-,28+,29+,30?,34-,35+/m1/s1. The number of hydrogen-bond donors (Lipinski definition) is 1. The van der Waals surface area contributed by atoms with Gasteiger partial charge in [-0.2, -0.15) is 0 Å². The van der Waals surface area contributed by atoms with E-state index in [-0.39, 0.29) is 30.4 Å². The Hall–Kier alpha value is -3.36. The van der Waals surface area contributed by atoms with Gasteiger partial charge in [-0.25, -0.2) is 0 Å². The highest BCUT2D eigenvalue weighted by atomic mass is 32.2. The number of nitrogens with zero attached hydrogens (tertiary/aromatic N) is 3. The van der Waals surface area contributed by atoms with Crippen LogP contribution in [0.3, 0.4) is 0 Å². The number of carbonyl (C=O) groups excluding carboxylic acids is 3. The minimum Gasteiger partial charge on any atom is -0.394 e. The zero-order valence-electron chi connectivity index (χ0n) is 25.1. The first kappa shape index (κ1) is 29.7. The van der Waals surface area contributed by atoms with E-state index in [1.807, 2.05) is 89.5 Å². The highest BCUT2D eigenvalue weighted by molar-refractivity contribution is 8.02. The molecule has 7 nitrogen and oxygen atoms in total. The van der Waals surface area contributed by atoms with E-state index in [0.29, 0.717) is 19.6 Å². The van der Waals surface area contributed by atoms with E-state index in [2.05, 4.69) is 26.0 Å². The van der Waals surface area contributed by atoms with Crippen LogP contribution in [-0.4, -0.2) is 78.8 Å². The summed E-state index contributed by atoms with van der Waals surface area (Å²) in [6, 6.07) is 17.8. The van der Waals surface area contributed by atoms with E-state index in [1.165, 1.54) is 0 Å². The lowest BCUT2D eigenvalue weighted by molar-refractivity contribution is -0.148. The predicted molar refractivity (Wildman–Crippen MR) is 169 cm³/mol. The first-order chi connectivity index (χ1) is 20.8. The zero-order chi connectivity index (χ0) is 30.4. The van der Waals surface area contributed by atoms with Crippen LogP contribution in [0.5, 0.6) is 0 Å². The average Bonchev–Trinajstić information content (AvgIpc) is 3.27. The van der Waals surface area contributed by atoms with Gasteiger partial charge in [0.2, 0.25) is 17.7 Å². The van der Waals surface area contributed by atoms with Crippen molar-refractivity contribution in [2.24, 2.45) is 11.8 Å². The van der Waals surface area contributed by atoms with Crippen LogP contribution >= 0.6 is 11.8 Å². The van der Waals surface area contributed by atoms with Gasteiger partial charge in [-0.3, -0.25) is 14.4 Å². The lowest BCUT2D eigenvalue weighted by Crippen LogP contribution is -2.56. The maximum Gasteiger partial charge on any atom is 0.247 e. The predicted octanol–water partition coefficient (Wildman–Crippen LogP) is 4.59. The third-order valence-electron chi connectivity index (χ3n) is 9.76. The molecule has 1 spiro atoms. The quantitative estimate of drug-likeness (QED) is 0.449. The maximum atomic E-state index is 14.9. The Morgan fingerprint density at radius 1 is 0.907 bits per heavy atom. The van der Waals surface area contributed by atoms with Crippen molar-refractivity contribution in [2.75, 3.05) is 19.7 Å². The van der Waals surface area contributed by atoms with E-state index < -0.39 is 33.4 Å². The van der Waals surface area contributed by atoms with Gasteiger partial charge >= 0.3 is 0 Å². The van der Waals surface area contributed by atoms with E-state index >= 15 is 0 Å². The molecule has 2 aromatic carbocycles. The van der Waals surface area contributed by atoms with Crippen LogP contribution < -0.4 is 0 Å². The Labute approximate surface area is 258 Å². The molecule has 226 valence electrons. The number of benzene rings is 2. The van der Waals surface area contributed by atoms with Crippen LogP contribution in [0.1, 0.15) is 50.8 Å². The van der Waals surface area contributed by atoms with Crippen LogP contribution in [-0.2, 0) is 20.9 Å². The monoisotopic (exact) mass is 599 g/mol. The second-order valence-corrected chi connectivity index (χ2v) is 14.3. The number of carbonyl (C=O) groups is 3. The molecule has 4 heterocycles. The number of likely N-dealkylation sites (tertiary alicyclic amines) is 1. The Kier molecular flexibility index (Phi) is 8.03. The zero-order valence-corrected chi connectivity index (χ0v) is 26.0. The van der Waals surface area contributed by atoms with Gasteiger partial charge in [0.1, 0.15) is 6.04 Å². The third-order valence-corrected chi connectivity index (χ3v) is 11.6. The van der Waals surface area contributed by atoms with E-state index in [0.717, 1.165) is 24.0 Å². The van der Waals surface area contributed by atoms with Gasteiger partial charge in [0.15, 0.2) is 0 Å². The number of aliphatic hydroxyl groups excluding tert-OH is 1. The molecule has 1 N–H and O–H groups in total. The molecular weight excluding hydrogens is 558 g/mol. The smallest absolute Gasteiger partial charge is 0.247 e. The summed E-state index contributed by atoms with van der Waals surface area (Å²) < 4.78 is -1.63. The molecule has 0 aliphatic carbocycles. The molecule has 0 bridgehead atoms. The van der Waals surface area contributed by atoms with Gasteiger partial charge in [-0.05, 0) is 31.4 Å². The first-order valence-electron chi connectivity index (χ1n) is 15.4. The molecule has 0 aromatic heterocycles. The Balaban J connectivity index is 1.48. The largest absolute Gasteiger partial charge is 0.394 e. The summed E-state index contributed by atoms with van der Waals surface area (Å²) in [6.45, 7) is 7.25. The minimum absolute atomic E-state index is 0.00652. The average molecular weight is 600 g/mol. The summed E-state index contributed by atoms with van der Waals surface area (Å²) in [4.78, 5) is 49.6. The van der Waals surface area contributed by atoms with E-state index in [4.69, 9.17) is 0 Å². The van der Waals surface area contributed by atoms with Crippen LogP contribution in [0.2, 0.25) is 0 Å². The molecular formula is C35H41N3O4S. The van der Waals surface area contributed by atoms with Crippen molar-refractivity contribution in [3.63, 3.8) is 0 Å². The normalized spacial score (nSPS) is 31.4. The van der Waals surface area contributed by atoms with Crippen LogP contribution in [0, 0.1) is 11.8 Å². The topological polar surface area (TPSA) is 81.2 Å². The number of rotatable bonds is 8. The lowest BCUT2D eigenvalue weighted by atomic mass is 9.74. The molecule has 0 radical (unpaired) electrons. The van der Waals surface area contributed by atoms with Crippen molar-refractivity contribution in [3.05, 3.63) is 96.1 Å². The van der Waals surface area contributed by atoms with Gasteiger partial charge in [0, 0.05) is 30.4 Å². The molecule has 0 saturated carbocycles. The molecule has 2 fully saturated rings. The van der Waals surface area contributed by atoms with Crippen LogP contribution in [0.25, 0.3) is 0 Å². The minimum atomic E-state index is -0.952. The maximum absolute atomic E-state index is 14.9. The number of hydrogen-bond acceptors (Lipinski definition) is 5. The SMILES string of the molecule is CCCC(C)N1CC=C[C@]23S[C@]4(C)C=CCN(Cc5ccccc5)C(=O)[C@@H]4[C@H]2C(=O)N([C@H](CO)c2ccccc2)C3C1=O. The molecule has 6 rings (SSSR count). The van der Waals surface area contributed by atoms with Crippen molar-refractivity contribution in [3.8, 4) is 0 Å². The number of aliphatic hydroxyl groups is 1. The number of thioether (sulfide) groups is 1. The highest BCUT2D eigenvalue weighted by Gasteiger charge is 2.74. The molecule has 43 heavy (non-hydrogen) atoms. The first-order valence-corrected chi connectivity index (χ1v) is 16.2. The van der Waals surface area contributed by atoms with Crippen LogP contribution in [0.4, 0.5) is 0 Å². The fraction of sp³-hybridized carbons (Fsp3) is 0.457. The van der Waals surface area contributed by atoms with Gasteiger partial charge < -0.3 is 19.8 Å². The molecule has 3 amide bonds. The lowest BCUT2D eigenvalue weighted by Gasteiger charge is -2.41. The summed E-state index contributed by atoms with van der Waals surface area (Å²) in [7, 11) is 0. The van der Waals surface area contributed by atoms with Crippen molar-refractivity contribution in [1.29, 1.82) is 0 Å². The number of amides is 3. The second kappa shape index (κ2) is 11.6. The fourth-order valence-corrected chi connectivity index (χ4v) is 9.95. The molecule has 4 aliphatic heterocycles. The van der Waals surface area contributed by atoms with Gasteiger partial charge in [0.05, 0.1) is 29.2 Å². The summed E-state index contributed by atoms with van der Waals surface area (Å²) in [5, 5.41) is 10.8. The van der Waals surface area contributed by atoms with E-state index in [9.17, 15) is 19.5 Å². The summed E-state index contributed by atoms with van der Waals surface area (Å²) in [5.41, 5.74) is 1.80. The van der Waals surface area contributed by atoms with Crippen molar-refractivity contribution >= 4 is 29.5 Å². The summed E-state index contributed by atoms with van der Waals surface area (Å²) in [5.74, 6) is -1.82. The molecule has 7 atom stereocenters. The third kappa shape index (κ3) is 4.83. The molecule has 4 aliphatic rings. The second-order valence-electron chi connectivity index (χ2n) is 12.5. The number of fused-ring (bicyclic) bond motifs is 2. The van der Waals surface area contributed by atoms with Crippen molar-refractivity contribution < 1.29 is 19.5 Å². The molecule has 2 saturated heterocycles. The molecule has 8 heteroatoms. The van der Waals surface area contributed by atoms with Gasteiger partial charge in [-0.15, -0.1) is 11.8 Å². The van der Waals surface area contributed by atoms with Crippen molar-refractivity contribution in [2.45, 2.75) is 67.8 Å². The molecule has 2 unspecified atom stereocenters. The van der Waals surface area contributed by atoms with Crippen LogP contribution in [0.15, 0.2) is 85.0 Å². The Bertz CT molecular complexity index is 1430. The highest BCUT2D eigenvalue weighted by Crippen LogP contribution is 2.66.